The maximum absolute atomic E-state index is 10.4. The molecule has 0 saturated heterocycles. The van der Waals surface area contributed by atoms with Gasteiger partial charge >= 0.3 is 5.97 Å². The molecule has 0 unspecified atom stereocenters. The molecule has 0 amide bonds. The molecular weight excluding hydrogens is 144 g/mol. The summed E-state index contributed by atoms with van der Waals surface area (Å²) in [6.45, 7) is 0. The first-order valence-electron chi connectivity index (χ1n) is 3.22. The van der Waals surface area contributed by atoms with Gasteiger partial charge in [-0.2, -0.15) is 0 Å². The number of hydrogen-bond acceptors (Lipinski definition) is 3. The van der Waals surface area contributed by atoms with Crippen molar-refractivity contribution in [2.24, 2.45) is 11.5 Å². The largest absolute Gasteiger partial charge is 0.478 e. The molecule has 1 rings (SSSR count). The van der Waals surface area contributed by atoms with Crippen LogP contribution < -0.4 is 11.5 Å². The number of carbonyl (C=O) groups is 1. The van der Waals surface area contributed by atoms with Gasteiger partial charge in [-0.05, 0) is 12.2 Å². The van der Waals surface area contributed by atoms with Gasteiger partial charge in [0.05, 0.1) is 11.2 Å². The lowest BCUT2D eigenvalue weighted by atomic mass is 9.99. The average Bonchev–Trinajstić information content (AvgIpc) is 1.86. The van der Waals surface area contributed by atoms with Gasteiger partial charge in [-0.3, -0.25) is 0 Å². The highest BCUT2D eigenvalue weighted by atomic mass is 16.4. The van der Waals surface area contributed by atoms with Gasteiger partial charge in [0.15, 0.2) is 0 Å². The van der Waals surface area contributed by atoms with Crippen molar-refractivity contribution in [3.63, 3.8) is 0 Å². The second-order valence-corrected chi connectivity index (χ2v) is 2.61. The Bertz CT molecular complexity index is 241. The molecule has 60 valence electrons. The van der Waals surface area contributed by atoms with Gasteiger partial charge in [-0.1, -0.05) is 6.08 Å². The second kappa shape index (κ2) is 2.48. The molecule has 0 fully saturated rings. The van der Waals surface area contributed by atoms with Crippen LogP contribution in [0.3, 0.4) is 0 Å². The smallest absolute Gasteiger partial charge is 0.335 e. The molecule has 0 radical (unpaired) electrons. The summed E-state index contributed by atoms with van der Waals surface area (Å²) in [4.78, 5) is 10.4. The fourth-order valence-corrected chi connectivity index (χ4v) is 0.826. The molecule has 4 nitrogen and oxygen atoms in total. The highest BCUT2D eigenvalue weighted by Crippen LogP contribution is 2.13. The fourth-order valence-electron chi connectivity index (χ4n) is 0.826. The minimum atomic E-state index is -0.947. The standard InChI is InChI=1S/C7H10N2O2/c8-7(9)3-1-5(2-4-7)6(10)11/h1-3H,4,8-9H2,(H,10,11). The van der Waals surface area contributed by atoms with Crippen LogP contribution in [0.4, 0.5) is 0 Å². The van der Waals surface area contributed by atoms with Crippen LogP contribution in [0.5, 0.6) is 0 Å². The van der Waals surface area contributed by atoms with Crippen molar-refractivity contribution in [3.8, 4) is 0 Å². The normalized spacial score (nSPS) is 21.1. The zero-order valence-corrected chi connectivity index (χ0v) is 5.95. The highest BCUT2D eigenvalue weighted by molar-refractivity contribution is 5.90. The summed E-state index contributed by atoms with van der Waals surface area (Å²) >= 11 is 0. The second-order valence-electron chi connectivity index (χ2n) is 2.61. The van der Waals surface area contributed by atoms with E-state index in [9.17, 15) is 4.79 Å². The Morgan fingerprint density at radius 2 is 2.27 bits per heavy atom. The Morgan fingerprint density at radius 3 is 2.64 bits per heavy atom. The first-order chi connectivity index (χ1) is 5.01. The van der Waals surface area contributed by atoms with Crippen molar-refractivity contribution in [3.05, 3.63) is 23.8 Å². The lowest BCUT2D eigenvalue weighted by Crippen LogP contribution is -2.47. The van der Waals surface area contributed by atoms with Crippen LogP contribution in [0.1, 0.15) is 6.42 Å². The first-order valence-corrected chi connectivity index (χ1v) is 3.22. The molecule has 4 heteroatoms. The van der Waals surface area contributed by atoms with E-state index in [4.69, 9.17) is 16.6 Å². The average molecular weight is 154 g/mol. The van der Waals surface area contributed by atoms with E-state index >= 15 is 0 Å². The lowest BCUT2D eigenvalue weighted by molar-refractivity contribution is -0.132. The number of nitrogens with two attached hydrogens (primary N) is 2. The predicted octanol–water partition coefficient (Wildman–Crippen LogP) is -0.429. The van der Waals surface area contributed by atoms with Gasteiger partial charge < -0.3 is 16.6 Å². The third kappa shape index (κ3) is 1.89. The van der Waals surface area contributed by atoms with E-state index in [0.29, 0.717) is 6.42 Å². The maximum atomic E-state index is 10.4. The van der Waals surface area contributed by atoms with Crippen molar-refractivity contribution in [1.29, 1.82) is 0 Å². The van der Waals surface area contributed by atoms with Crippen LogP contribution in [0.2, 0.25) is 0 Å². The Morgan fingerprint density at radius 1 is 1.64 bits per heavy atom. The van der Waals surface area contributed by atoms with Gasteiger partial charge in [-0.15, -0.1) is 0 Å². The number of carboxylic acids is 1. The van der Waals surface area contributed by atoms with Crippen LogP contribution in [-0.2, 0) is 4.79 Å². The summed E-state index contributed by atoms with van der Waals surface area (Å²) in [5, 5.41) is 8.51. The SMILES string of the molecule is NC1(N)C=CC(C(=O)O)=CC1. The summed E-state index contributed by atoms with van der Waals surface area (Å²) in [6.07, 6.45) is 4.80. The van der Waals surface area contributed by atoms with Crippen LogP contribution in [0.25, 0.3) is 0 Å². The number of aliphatic carboxylic acids is 1. The minimum absolute atomic E-state index is 0.247. The third-order valence-electron chi connectivity index (χ3n) is 1.50. The molecule has 0 saturated carbocycles. The van der Waals surface area contributed by atoms with E-state index in [2.05, 4.69) is 0 Å². The highest BCUT2D eigenvalue weighted by Gasteiger charge is 2.18. The van der Waals surface area contributed by atoms with Crippen LogP contribution in [0.15, 0.2) is 23.8 Å². The van der Waals surface area contributed by atoms with E-state index in [-0.39, 0.29) is 5.57 Å². The van der Waals surface area contributed by atoms with Gasteiger partial charge in [0.1, 0.15) is 0 Å². The van der Waals surface area contributed by atoms with Crippen molar-refractivity contribution in [2.45, 2.75) is 12.1 Å². The summed E-state index contributed by atoms with van der Waals surface area (Å²) in [5.74, 6) is -0.947. The third-order valence-corrected chi connectivity index (χ3v) is 1.50. The molecule has 0 aliphatic heterocycles. The Labute approximate surface area is 64.2 Å². The van der Waals surface area contributed by atoms with E-state index in [1.54, 1.807) is 0 Å². The van der Waals surface area contributed by atoms with Crippen molar-refractivity contribution < 1.29 is 9.90 Å². The van der Waals surface area contributed by atoms with Crippen LogP contribution in [-0.4, -0.2) is 16.7 Å². The van der Waals surface area contributed by atoms with Crippen molar-refractivity contribution in [1.82, 2.24) is 0 Å². The predicted molar refractivity (Wildman–Crippen MR) is 40.6 cm³/mol. The Kier molecular flexibility index (Phi) is 1.80. The molecule has 0 heterocycles. The molecule has 0 spiro atoms. The van der Waals surface area contributed by atoms with E-state index < -0.39 is 11.6 Å². The zero-order chi connectivity index (χ0) is 8.48. The van der Waals surface area contributed by atoms with Gasteiger partial charge in [0.25, 0.3) is 0 Å². The molecule has 0 aromatic heterocycles. The molecule has 1 aliphatic carbocycles. The van der Waals surface area contributed by atoms with Crippen molar-refractivity contribution >= 4 is 5.97 Å². The lowest BCUT2D eigenvalue weighted by Gasteiger charge is -2.21. The molecule has 1 aliphatic rings. The molecule has 5 N–H and O–H groups in total. The zero-order valence-electron chi connectivity index (χ0n) is 5.95. The first kappa shape index (κ1) is 7.97. The van der Waals surface area contributed by atoms with Gasteiger partial charge in [0, 0.05) is 6.42 Å². The minimum Gasteiger partial charge on any atom is -0.478 e. The number of carboxylic acid groups (broad SMARTS) is 1. The molecule has 11 heavy (non-hydrogen) atoms. The summed E-state index contributed by atoms with van der Waals surface area (Å²) in [7, 11) is 0. The van der Waals surface area contributed by atoms with Crippen LogP contribution >= 0.6 is 0 Å². The van der Waals surface area contributed by atoms with E-state index in [1.807, 2.05) is 0 Å². The number of hydrogen-bond donors (Lipinski definition) is 3. The summed E-state index contributed by atoms with van der Waals surface area (Å²) in [5.41, 5.74) is 10.4. The van der Waals surface area contributed by atoms with Crippen LogP contribution in [0, 0.1) is 0 Å². The molecule has 0 aromatic carbocycles. The van der Waals surface area contributed by atoms with Gasteiger partial charge in [0.2, 0.25) is 0 Å². The Balaban J connectivity index is 2.75. The summed E-state index contributed by atoms with van der Waals surface area (Å²) in [6, 6.07) is 0. The fraction of sp³-hybridized carbons (Fsp3) is 0.286. The van der Waals surface area contributed by atoms with E-state index in [1.165, 1.54) is 18.2 Å². The van der Waals surface area contributed by atoms with Gasteiger partial charge in [-0.25, -0.2) is 4.79 Å². The van der Waals surface area contributed by atoms with E-state index in [0.717, 1.165) is 0 Å². The Hall–Kier alpha value is -1.13. The quantitative estimate of drug-likeness (QED) is 0.447. The summed E-state index contributed by atoms with van der Waals surface area (Å²) < 4.78 is 0. The maximum Gasteiger partial charge on any atom is 0.335 e. The molecular formula is C7H10N2O2. The topological polar surface area (TPSA) is 89.3 Å². The molecule has 0 atom stereocenters. The van der Waals surface area contributed by atoms with Crippen molar-refractivity contribution in [2.75, 3.05) is 0 Å². The molecule has 0 bridgehead atoms. The monoisotopic (exact) mass is 154 g/mol. The molecule has 0 aromatic rings. The number of rotatable bonds is 1.